The molecule has 3 rings (SSSR count). The van der Waals surface area contributed by atoms with E-state index in [2.05, 4.69) is 9.82 Å². The van der Waals surface area contributed by atoms with Crippen LogP contribution in [0.25, 0.3) is 0 Å². The van der Waals surface area contributed by atoms with E-state index < -0.39 is 14.8 Å². The van der Waals surface area contributed by atoms with Crippen LogP contribution in [0.3, 0.4) is 0 Å². The van der Waals surface area contributed by atoms with Crippen molar-refractivity contribution in [3.63, 3.8) is 0 Å². The Morgan fingerprint density at radius 3 is 2.50 bits per heavy atom. The second kappa shape index (κ2) is 7.04. The predicted molar refractivity (Wildman–Crippen MR) is 92.0 cm³/mol. The zero-order valence-corrected chi connectivity index (χ0v) is 14.6. The van der Waals surface area contributed by atoms with Gasteiger partial charge in [0, 0.05) is 26.0 Å². The molecule has 1 saturated carbocycles. The highest BCUT2D eigenvalue weighted by molar-refractivity contribution is 7.91. The van der Waals surface area contributed by atoms with Crippen LogP contribution in [0, 0.1) is 0 Å². The van der Waals surface area contributed by atoms with Crippen molar-refractivity contribution in [2.24, 2.45) is 0 Å². The Balaban J connectivity index is 1.60. The lowest BCUT2D eigenvalue weighted by atomic mass is 9.85. The number of nitrogens with one attached hydrogen (secondary N) is 1. The number of sulfonamides is 1. The summed E-state index contributed by atoms with van der Waals surface area (Å²) in [5, 5.41) is 4.18. The quantitative estimate of drug-likeness (QED) is 0.790. The molecule has 24 heavy (non-hydrogen) atoms. The molecule has 1 N–H and O–H groups in total. The van der Waals surface area contributed by atoms with Crippen LogP contribution in [-0.4, -0.2) is 36.7 Å². The van der Waals surface area contributed by atoms with Crippen LogP contribution in [-0.2, 0) is 27.8 Å². The summed E-state index contributed by atoms with van der Waals surface area (Å²) in [6.45, 7) is 1.26. The molecule has 1 aromatic heterocycles. The molecule has 0 aliphatic heterocycles. The van der Waals surface area contributed by atoms with Crippen molar-refractivity contribution in [2.45, 2.75) is 37.1 Å². The highest BCUT2D eigenvalue weighted by Gasteiger charge is 2.48. The van der Waals surface area contributed by atoms with E-state index in [9.17, 15) is 8.42 Å². The van der Waals surface area contributed by atoms with Crippen molar-refractivity contribution in [3.05, 3.63) is 53.9 Å². The van der Waals surface area contributed by atoms with Gasteiger partial charge in [0.15, 0.2) is 0 Å². The maximum Gasteiger partial charge on any atom is 0.219 e. The average molecular weight is 349 g/mol. The minimum atomic E-state index is -3.39. The van der Waals surface area contributed by atoms with E-state index >= 15 is 0 Å². The van der Waals surface area contributed by atoms with Crippen molar-refractivity contribution in [2.75, 3.05) is 13.7 Å². The third kappa shape index (κ3) is 3.53. The number of nitrogens with zero attached hydrogens (tertiary/aromatic N) is 2. The molecule has 2 aromatic rings. The summed E-state index contributed by atoms with van der Waals surface area (Å²) in [6, 6.07) is 9.79. The molecule has 0 bridgehead atoms. The van der Waals surface area contributed by atoms with Crippen LogP contribution >= 0.6 is 0 Å². The van der Waals surface area contributed by atoms with Crippen molar-refractivity contribution in [1.82, 2.24) is 14.5 Å². The highest BCUT2D eigenvalue weighted by Crippen LogP contribution is 2.39. The fourth-order valence-electron chi connectivity index (χ4n) is 3.00. The molecule has 0 amide bonds. The number of aromatic nitrogens is 2. The van der Waals surface area contributed by atoms with Gasteiger partial charge >= 0.3 is 0 Å². The maximum atomic E-state index is 12.6. The van der Waals surface area contributed by atoms with Crippen molar-refractivity contribution in [3.8, 4) is 0 Å². The van der Waals surface area contributed by atoms with Gasteiger partial charge in [-0.2, -0.15) is 5.10 Å². The topological polar surface area (TPSA) is 73.2 Å². The molecule has 1 aliphatic carbocycles. The summed E-state index contributed by atoms with van der Waals surface area (Å²) in [6.07, 6.45) is 5.93. The van der Waals surface area contributed by atoms with Gasteiger partial charge in [0.05, 0.1) is 13.2 Å². The van der Waals surface area contributed by atoms with Gasteiger partial charge in [-0.1, -0.05) is 30.7 Å². The molecule has 1 aromatic carbocycles. The van der Waals surface area contributed by atoms with Gasteiger partial charge in [-0.05, 0) is 30.0 Å². The summed E-state index contributed by atoms with van der Waals surface area (Å²) < 4.78 is 34.1. The number of hydrogen-bond acceptors (Lipinski definition) is 4. The van der Waals surface area contributed by atoms with E-state index in [0.29, 0.717) is 25.9 Å². The second-order valence-electron chi connectivity index (χ2n) is 6.31. The fraction of sp³-hybridized carbons (Fsp3) is 0.471. The van der Waals surface area contributed by atoms with Gasteiger partial charge in [0.2, 0.25) is 10.0 Å². The number of benzene rings is 1. The van der Waals surface area contributed by atoms with Crippen molar-refractivity contribution >= 4 is 10.0 Å². The average Bonchev–Trinajstić information content (AvgIpc) is 3.03. The molecule has 6 nitrogen and oxygen atoms in total. The van der Waals surface area contributed by atoms with Crippen LogP contribution in [0.15, 0.2) is 42.7 Å². The third-order valence-electron chi connectivity index (χ3n) is 4.64. The van der Waals surface area contributed by atoms with E-state index in [-0.39, 0.29) is 6.61 Å². The first-order valence-corrected chi connectivity index (χ1v) is 9.56. The molecule has 0 unspecified atom stereocenters. The zero-order chi connectivity index (χ0) is 17.0. The predicted octanol–water partition coefficient (Wildman–Crippen LogP) is 1.92. The van der Waals surface area contributed by atoms with Crippen LogP contribution in [0.4, 0.5) is 0 Å². The van der Waals surface area contributed by atoms with Crippen LogP contribution in [0.5, 0.6) is 0 Å². The van der Waals surface area contributed by atoms with E-state index in [0.717, 1.165) is 17.5 Å². The van der Waals surface area contributed by atoms with Crippen molar-refractivity contribution in [1.29, 1.82) is 0 Å². The lowest BCUT2D eigenvalue weighted by Crippen LogP contribution is -2.53. The second-order valence-corrected chi connectivity index (χ2v) is 8.48. The Bertz CT molecular complexity index is 751. The van der Waals surface area contributed by atoms with Crippen LogP contribution < -0.4 is 4.72 Å². The molecular formula is C17H23N3O3S. The summed E-state index contributed by atoms with van der Waals surface area (Å²) in [5.41, 5.74) is 2.06. The normalized spacial score (nSPS) is 16.7. The van der Waals surface area contributed by atoms with Crippen molar-refractivity contribution < 1.29 is 13.2 Å². The summed E-state index contributed by atoms with van der Waals surface area (Å²) in [4.78, 5) is 0. The molecular weight excluding hydrogens is 326 g/mol. The fourth-order valence-corrected chi connectivity index (χ4v) is 4.76. The molecule has 0 radical (unpaired) electrons. The van der Waals surface area contributed by atoms with Crippen LogP contribution in [0.2, 0.25) is 0 Å². The molecule has 1 fully saturated rings. The molecule has 0 atom stereocenters. The molecule has 0 spiro atoms. The Morgan fingerprint density at radius 1 is 1.25 bits per heavy atom. The summed E-state index contributed by atoms with van der Waals surface area (Å²) in [7, 11) is -1.84. The SMILES string of the molecule is COCC1(S(=O)(=O)NCc2ccc(Cn3cccn3)cc2)CCC1. The van der Waals surface area contributed by atoms with Gasteiger partial charge in [0.25, 0.3) is 0 Å². The van der Waals surface area contributed by atoms with Gasteiger partial charge < -0.3 is 4.74 Å². The monoisotopic (exact) mass is 349 g/mol. The van der Waals surface area contributed by atoms with Gasteiger partial charge in [0.1, 0.15) is 4.75 Å². The number of ether oxygens (including phenoxy) is 1. The number of rotatable bonds is 8. The Labute approximate surface area is 142 Å². The standard InChI is InChI=1S/C17H23N3O3S/c1-23-14-17(8-2-9-17)24(21,22)19-12-15-4-6-16(7-5-15)13-20-11-3-10-18-20/h3-7,10-11,19H,2,8-9,12-14H2,1H3. The molecule has 1 aliphatic rings. The lowest BCUT2D eigenvalue weighted by Gasteiger charge is -2.40. The smallest absolute Gasteiger partial charge is 0.219 e. The number of hydrogen-bond donors (Lipinski definition) is 1. The van der Waals surface area contributed by atoms with Gasteiger partial charge in [-0.25, -0.2) is 13.1 Å². The Morgan fingerprint density at radius 2 is 1.96 bits per heavy atom. The van der Waals surface area contributed by atoms with E-state index in [1.807, 2.05) is 41.2 Å². The molecule has 1 heterocycles. The molecule has 0 saturated heterocycles. The van der Waals surface area contributed by atoms with E-state index in [4.69, 9.17) is 4.74 Å². The lowest BCUT2D eigenvalue weighted by molar-refractivity contribution is 0.126. The largest absolute Gasteiger partial charge is 0.383 e. The highest BCUT2D eigenvalue weighted by atomic mass is 32.2. The molecule has 130 valence electrons. The summed E-state index contributed by atoms with van der Waals surface area (Å²) >= 11 is 0. The third-order valence-corrected chi connectivity index (χ3v) is 6.83. The zero-order valence-electron chi connectivity index (χ0n) is 13.8. The van der Waals surface area contributed by atoms with E-state index in [1.54, 1.807) is 13.3 Å². The summed E-state index contributed by atoms with van der Waals surface area (Å²) in [5.74, 6) is 0. The minimum Gasteiger partial charge on any atom is -0.383 e. The minimum absolute atomic E-state index is 0.255. The van der Waals surface area contributed by atoms with E-state index in [1.165, 1.54) is 0 Å². The maximum absolute atomic E-state index is 12.6. The molecule has 7 heteroatoms. The number of methoxy groups -OCH3 is 1. The first kappa shape index (κ1) is 17.1. The van der Waals surface area contributed by atoms with Crippen LogP contribution in [0.1, 0.15) is 30.4 Å². The van der Waals surface area contributed by atoms with Gasteiger partial charge in [-0.3, -0.25) is 4.68 Å². The van der Waals surface area contributed by atoms with Gasteiger partial charge in [-0.15, -0.1) is 0 Å². The Hall–Kier alpha value is -1.70. The first-order valence-electron chi connectivity index (χ1n) is 8.08. The Kier molecular flexibility index (Phi) is 5.03. The first-order chi connectivity index (χ1) is 11.5.